The lowest BCUT2D eigenvalue weighted by molar-refractivity contribution is 0.0873. The Morgan fingerprint density at radius 3 is 2.73 bits per heavy atom. The van der Waals surface area contributed by atoms with Crippen molar-refractivity contribution in [2.24, 2.45) is 0 Å². The number of benzene rings is 2. The molecule has 150 valence electrons. The number of carbonyl (C=O) groups is 1. The third-order valence-electron chi connectivity index (χ3n) is 5.10. The normalized spacial score (nSPS) is 16.7. The Balaban J connectivity index is 1.43. The number of carbonyl (C=O) groups excluding carboxylic acids is 1. The van der Waals surface area contributed by atoms with Crippen molar-refractivity contribution in [3.05, 3.63) is 92.9 Å². The second-order valence-corrected chi connectivity index (χ2v) is 7.98. The number of fused-ring (bicyclic) bond motifs is 3. The predicted octanol–water partition coefficient (Wildman–Crippen LogP) is 5.36. The van der Waals surface area contributed by atoms with Crippen LogP contribution < -0.4 is 9.47 Å². The molecule has 5 nitrogen and oxygen atoms in total. The van der Waals surface area contributed by atoms with Crippen LogP contribution in [0.3, 0.4) is 0 Å². The summed E-state index contributed by atoms with van der Waals surface area (Å²) >= 11 is 12.3. The Morgan fingerprint density at radius 2 is 1.93 bits per heavy atom. The summed E-state index contributed by atoms with van der Waals surface area (Å²) in [6.45, 7) is 1.58. The summed E-state index contributed by atoms with van der Waals surface area (Å²) in [5.41, 5.74) is 3.21. The van der Waals surface area contributed by atoms with E-state index in [-0.39, 0.29) is 5.78 Å². The zero-order valence-electron chi connectivity index (χ0n) is 15.8. The molecule has 0 amide bonds. The molecule has 30 heavy (non-hydrogen) atoms. The summed E-state index contributed by atoms with van der Waals surface area (Å²) in [5.74, 6) is 1.44. The number of hydrogen-bond donors (Lipinski definition) is 0. The van der Waals surface area contributed by atoms with Crippen LogP contribution in [0.5, 0.6) is 11.5 Å². The molecule has 7 heteroatoms. The maximum atomic E-state index is 12.8. The minimum atomic E-state index is -0.137. The maximum absolute atomic E-state index is 12.8. The Kier molecular flexibility index (Phi) is 4.95. The molecule has 1 aromatic heterocycles. The predicted molar refractivity (Wildman–Crippen MR) is 115 cm³/mol. The minimum Gasteiger partial charge on any atom is -0.478 e. The van der Waals surface area contributed by atoms with Crippen molar-refractivity contribution >= 4 is 35.1 Å². The molecule has 2 aromatic carbocycles. The number of allylic oxidation sites excluding steroid dienone is 1. The van der Waals surface area contributed by atoms with Gasteiger partial charge in [-0.05, 0) is 53.6 Å². The van der Waals surface area contributed by atoms with Crippen molar-refractivity contribution in [3.8, 4) is 11.5 Å². The first kappa shape index (κ1) is 19.1. The van der Waals surface area contributed by atoms with E-state index in [2.05, 4.69) is 9.88 Å². The quantitative estimate of drug-likeness (QED) is 0.515. The second kappa shape index (κ2) is 7.76. The lowest BCUT2D eigenvalue weighted by Gasteiger charge is -2.30. The monoisotopic (exact) mass is 438 g/mol. The number of halogens is 2. The van der Waals surface area contributed by atoms with E-state index in [1.807, 2.05) is 30.3 Å². The molecule has 5 rings (SSSR count). The molecule has 3 aromatic rings. The molecule has 0 aliphatic carbocycles. The molecule has 0 saturated carbocycles. The van der Waals surface area contributed by atoms with E-state index < -0.39 is 0 Å². The van der Waals surface area contributed by atoms with Gasteiger partial charge >= 0.3 is 0 Å². The SMILES string of the molecule is O=C1/C(=C/c2ccncc2)Oc2c1ccc1c2CN(Cc2ccc(Cl)cc2Cl)CO1. The molecule has 0 N–H and O–H groups in total. The highest BCUT2D eigenvalue weighted by Gasteiger charge is 2.33. The molecule has 0 atom stereocenters. The third kappa shape index (κ3) is 3.56. The number of nitrogens with zero attached hydrogens (tertiary/aromatic N) is 2. The number of aromatic nitrogens is 1. The fourth-order valence-corrected chi connectivity index (χ4v) is 4.08. The first-order valence-electron chi connectivity index (χ1n) is 9.38. The van der Waals surface area contributed by atoms with Crippen molar-refractivity contribution in [3.63, 3.8) is 0 Å². The molecule has 2 aliphatic rings. The third-order valence-corrected chi connectivity index (χ3v) is 5.68. The van der Waals surface area contributed by atoms with Gasteiger partial charge in [-0.1, -0.05) is 29.3 Å². The summed E-state index contributed by atoms with van der Waals surface area (Å²) in [5, 5.41) is 1.21. The van der Waals surface area contributed by atoms with E-state index in [9.17, 15) is 4.79 Å². The molecule has 0 radical (unpaired) electrons. The smallest absolute Gasteiger partial charge is 0.231 e. The molecule has 2 aliphatic heterocycles. The first-order valence-corrected chi connectivity index (χ1v) is 10.1. The van der Waals surface area contributed by atoms with Crippen LogP contribution in [0.15, 0.2) is 60.6 Å². The van der Waals surface area contributed by atoms with Gasteiger partial charge in [0.25, 0.3) is 0 Å². The van der Waals surface area contributed by atoms with Crippen LogP contribution in [0.1, 0.15) is 27.0 Å². The summed E-state index contributed by atoms with van der Waals surface area (Å²) in [7, 11) is 0. The fourth-order valence-electron chi connectivity index (χ4n) is 3.61. The highest BCUT2D eigenvalue weighted by atomic mass is 35.5. The number of ketones is 1. The van der Waals surface area contributed by atoms with Crippen molar-refractivity contribution in [1.29, 1.82) is 0 Å². The van der Waals surface area contributed by atoms with E-state index in [0.29, 0.717) is 46.9 Å². The zero-order valence-corrected chi connectivity index (χ0v) is 17.3. The fraction of sp³-hybridized carbons (Fsp3) is 0.130. The van der Waals surface area contributed by atoms with Crippen LogP contribution >= 0.6 is 23.2 Å². The number of pyridine rings is 1. The van der Waals surface area contributed by atoms with Gasteiger partial charge < -0.3 is 9.47 Å². The largest absolute Gasteiger partial charge is 0.478 e. The summed E-state index contributed by atoms with van der Waals surface area (Å²) in [4.78, 5) is 18.9. The van der Waals surface area contributed by atoms with E-state index in [0.717, 1.165) is 22.4 Å². The molecule has 3 heterocycles. The molecule has 0 saturated heterocycles. The molecular formula is C23H16Cl2N2O3. The van der Waals surface area contributed by atoms with Gasteiger partial charge in [0.15, 0.2) is 5.76 Å². The first-order chi connectivity index (χ1) is 14.6. The summed E-state index contributed by atoms with van der Waals surface area (Å²) in [6, 6.07) is 12.7. The van der Waals surface area contributed by atoms with E-state index >= 15 is 0 Å². The maximum Gasteiger partial charge on any atom is 0.231 e. The number of Topliss-reactive ketones (excluding diaryl/α,β-unsaturated/α-hetero) is 1. The average Bonchev–Trinajstić information content (AvgIpc) is 3.07. The van der Waals surface area contributed by atoms with Crippen LogP contribution in [-0.4, -0.2) is 22.4 Å². The molecular weight excluding hydrogens is 423 g/mol. The van der Waals surface area contributed by atoms with Crippen molar-refractivity contribution in [2.75, 3.05) is 6.73 Å². The van der Waals surface area contributed by atoms with Crippen LogP contribution in [-0.2, 0) is 13.1 Å². The van der Waals surface area contributed by atoms with Crippen LogP contribution in [0.4, 0.5) is 0 Å². The van der Waals surface area contributed by atoms with E-state index in [4.69, 9.17) is 32.7 Å². The van der Waals surface area contributed by atoms with Crippen molar-refractivity contribution in [2.45, 2.75) is 13.1 Å². The molecule has 0 unspecified atom stereocenters. The minimum absolute atomic E-state index is 0.137. The van der Waals surface area contributed by atoms with E-state index in [1.54, 1.807) is 30.6 Å². The Morgan fingerprint density at radius 1 is 1.10 bits per heavy atom. The van der Waals surface area contributed by atoms with Gasteiger partial charge in [-0.25, -0.2) is 0 Å². The number of ether oxygens (including phenoxy) is 2. The number of rotatable bonds is 3. The van der Waals surface area contributed by atoms with Gasteiger partial charge in [-0.3, -0.25) is 14.7 Å². The van der Waals surface area contributed by atoms with Gasteiger partial charge in [-0.15, -0.1) is 0 Å². The van der Waals surface area contributed by atoms with Gasteiger partial charge in [0.1, 0.15) is 18.2 Å². The van der Waals surface area contributed by atoms with Crippen LogP contribution in [0.25, 0.3) is 6.08 Å². The Hall–Kier alpha value is -2.86. The van der Waals surface area contributed by atoms with Crippen LogP contribution in [0.2, 0.25) is 10.0 Å². The zero-order chi connectivity index (χ0) is 20.7. The summed E-state index contributed by atoms with van der Waals surface area (Å²) in [6.07, 6.45) is 5.08. The topological polar surface area (TPSA) is 51.7 Å². The van der Waals surface area contributed by atoms with Crippen molar-refractivity contribution in [1.82, 2.24) is 9.88 Å². The van der Waals surface area contributed by atoms with Gasteiger partial charge in [0.2, 0.25) is 5.78 Å². The van der Waals surface area contributed by atoms with Gasteiger partial charge in [0.05, 0.1) is 11.1 Å². The average molecular weight is 439 g/mol. The van der Waals surface area contributed by atoms with E-state index in [1.165, 1.54) is 0 Å². The standard InChI is InChI=1S/C23H16Cl2N2O3/c24-16-2-1-15(19(25)10-16)11-27-12-18-20(29-13-27)4-3-17-22(28)21(30-23(17)18)9-14-5-7-26-8-6-14/h1-10H,11-13H2/b21-9-. The van der Waals surface area contributed by atoms with Crippen molar-refractivity contribution < 1.29 is 14.3 Å². The Labute approximate surface area is 183 Å². The number of hydrogen-bond acceptors (Lipinski definition) is 5. The molecule has 0 bridgehead atoms. The highest BCUT2D eigenvalue weighted by Crippen LogP contribution is 2.42. The lowest BCUT2D eigenvalue weighted by atomic mass is 10.0. The van der Waals surface area contributed by atoms with Crippen LogP contribution in [0, 0.1) is 0 Å². The molecule has 0 spiro atoms. The Bertz CT molecular complexity index is 1180. The second-order valence-electron chi connectivity index (χ2n) is 7.14. The lowest BCUT2D eigenvalue weighted by Crippen LogP contribution is -2.31. The van der Waals surface area contributed by atoms with Gasteiger partial charge in [0, 0.05) is 35.5 Å². The summed E-state index contributed by atoms with van der Waals surface area (Å²) < 4.78 is 11.9. The van der Waals surface area contributed by atoms with Gasteiger partial charge in [-0.2, -0.15) is 0 Å². The highest BCUT2D eigenvalue weighted by molar-refractivity contribution is 6.35. The molecule has 0 fully saturated rings.